The van der Waals surface area contributed by atoms with Crippen molar-refractivity contribution in [2.24, 2.45) is 0 Å². The van der Waals surface area contributed by atoms with E-state index in [1.165, 1.54) is 6.07 Å². The van der Waals surface area contributed by atoms with Crippen LogP contribution in [-0.4, -0.2) is 9.13 Å². The molecule has 11 rings (SSSR count). The van der Waals surface area contributed by atoms with Crippen LogP contribution in [0.15, 0.2) is 188 Å². The molecule has 0 aliphatic rings. The molecule has 0 unspecified atom stereocenters. The fraction of sp³-hybridized carbons (Fsp3) is 0.0339. The van der Waals surface area contributed by atoms with Crippen LogP contribution in [0.5, 0.6) is 0 Å². The van der Waals surface area contributed by atoms with Crippen LogP contribution in [0.25, 0.3) is 104 Å². The van der Waals surface area contributed by atoms with Gasteiger partial charge in [0.05, 0.1) is 68.8 Å². The molecule has 0 saturated heterocycles. The summed E-state index contributed by atoms with van der Waals surface area (Å²) in [5.74, 6) is 0. The molecule has 67 heavy (non-hydrogen) atoms. The maximum Gasteiger partial charge on any atom is 0.416 e. The summed E-state index contributed by atoms with van der Waals surface area (Å²) in [5.41, 5.74) is 13.0. The molecule has 0 fully saturated rings. The molecular formula is C59H34F3N5. The predicted molar refractivity (Wildman–Crippen MR) is 262 cm³/mol. The number of hydrogen-bond acceptors (Lipinski definition) is 2. The van der Waals surface area contributed by atoms with Crippen molar-refractivity contribution < 1.29 is 13.2 Å². The number of halogens is 3. The summed E-state index contributed by atoms with van der Waals surface area (Å²) in [4.78, 5) is 3.56. The highest BCUT2D eigenvalue weighted by Gasteiger charge is 2.31. The van der Waals surface area contributed by atoms with Crippen molar-refractivity contribution in [3.05, 3.63) is 222 Å². The molecule has 0 aliphatic heterocycles. The number of alkyl halides is 3. The van der Waals surface area contributed by atoms with Crippen LogP contribution in [0.2, 0.25) is 0 Å². The van der Waals surface area contributed by atoms with Crippen LogP contribution in [-0.2, 0) is 6.18 Å². The lowest BCUT2D eigenvalue weighted by atomic mass is 9.94. The number of nitriles is 2. The Morgan fingerprint density at radius 1 is 0.448 bits per heavy atom. The predicted octanol–water partition coefficient (Wildman–Crippen LogP) is 16.2. The lowest BCUT2D eigenvalue weighted by Gasteiger charge is -2.20. The van der Waals surface area contributed by atoms with Crippen molar-refractivity contribution in [3.63, 3.8) is 0 Å². The molecule has 0 radical (unpaired) electrons. The highest BCUT2D eigenvalue weighted by molar-refractivity contribution is 6.13. The van der Waals surface area contributed by atoms with Gasteiger partial charge in [0, 0.05) is 32.7 Å². The topological polar surface area (TPSA) is 61.8 Å². The minimum absolute atomic E-state index is 0.428. The summed E-state index contributed by atoms with van der Waals surface area (Å²) in [6.07, 6.45) is -4.54. The first-order valence-electron chi connectivity index (χ1n) is 21.5. The third kappa shape index (κ3) is 6.95. The maximum absolute atomic E-state index is 14.3. The first-order valence-corrected chi connectivity index (χ1v) is 21.5. The van der Waals surface area contributed by atoms with Gasteiger partial charge in [-0.05, 0) is 131 Å². The first-order chi connectivity index (χ1) is 32.6. The van der Waals surface area contributed by atoms with Gasteiger partial charge in [-0.25, -0.2) is 4.85 Å². The Morgan fingerprint density at radius 2 is 0.955 bits per heavy atom. The Hall–Kier alpha value is -9.16. The van der Waals surface area contributed by atoms with E-state index in [4.69, 9.17) is 6.57 Å². The largest absolute Gasteiger partial charge is 0.416 e. The minimum atomic E-state index is -4.54. The van der Waals surface area contributed by atoms with Crippen LogP contribution in [0.1, 0.15) is 22.3 Å². The second-order valence-electron chi connectivity index (χ2n) is 16.7. The number of benzene rings is 9. The normalized spacial score (nSPS) is 11.5. The van der Waals surface area contributed by atoms with Crippen LogP contribution >= 0.6 is 0 Å². The number of aryl methyl sites for hydroxylation is 1. The first kappa shape index (κ1) is 40.6. The van der Waals surface area contributed by atoms with Crippen molar-refractivity contribution in [2.45, 2.75) is 13.1 Å². The highest BCUT2D eigenvalue weighted by Crippen LogP contribution is 2.44. The van der Waals surface area contributed by atoms with Crippen LogP contribution in [0.3, 0.4) is 0 Å². The summed E-state index contributed by atoms with van der Waals surface area (Å²) in [6.45, 7) is 9.10. The molecule has 0 spiro atoms. The zero-order chi connectivity index (χ0) is 46.0. The molecule has 0 N–H and O–H groups in total. The third-order valence-corrected chi connectivity index (χ3v) is 12.7. The molecule has 0 aliphatic carbocycles. The summed E-state index contributed by atoms with van der Waals surface area (Å²) in [7, 11) is 0. The SMILES string of the molecule is [C-]#[N+]c1ccc(-c2ccc3c(c2)c2ccccc2n3-c2ccc(C#N)cc2-c2ccc(-c3cc(C)cc(C(F)(F)F)c3)cc2-n2c3ccccc3c3cc(-c4ccc(C#N)cc4)ccc32)cc1. The van der Waals surface area contributed by atoms with Crippen molar-refractivity contribution in [1.82, 2.24) is 9.13 Å². The second-order valence-corrected chi connectivity index (χ2v) is 16.7. The van der Waals surface area contributed by atoms with Crippen LogP contribution in [0.4, 0.5) is 18.9 Å². The average Bonchev–Trinajstić information content (AvgIpc) is 3.87. The third-order valence-electron chi connectivity index (χ3n) is 12.7. The monoisotopic (exact) mass is 869 g/mol. The van der Waals surface area contributed by atoms with E-state index in [0.29, 0.717) is 39.2 Å². The van der Waals surface area contributed by atoms with E-state index in [2.05, 4.69) is 74.6 Å². The molecule has 11 aromatic rings. The highest BCUT2D eigenvalue weighted by atomic mass is 19.4. The van der Waals surface area contributed by atoms with E-state index in [0.717, 1.165) is 88.7 Å². The van der Waals surface area contributed by atoms with E-state index < -0.39 is 11.7 Å². The molecule has 5 nitrogen and oxygen atoms in total. The van der Waals surface area contributed by atoms with Gasteiger partial charge in [0.1, 0.15) is 0 Å². The van der Waals surface area contributed by atoms with Gasteiger partial charge in [0.25, 0.3) is 0 Å². The molecular weight excluding hydrogens is 836 g/mol. The van der Waals surface area contributed by atoms with Gasteiger partial charge >= 0.3 is 6.18 Å². The number of aromatic nitrogens is 2. The molecule has 0 amide bonds. The van der Waals surface area contributed by atoms with Crippen molar-refractivity contribution in [1.29, 1.82) is 10.5 Å². The molecule has 2 aromatic heterocycles. The molecule has 0 saturated carbocycles. The lowest BCUT2D eigenvalue weighted by Crippen LogP contribution is -2.05. The van der Waals surface area contributed by atoms with E-state index in [1.807, 2.05) is 109 Å². The molecule has 9 aromatic carbocycles. The maximum atomic E-state index is 14.3. The van der Waals surface area contributed by atoms with Crippen molar-refractivity contribution in [3.8, 4) is 68.0 Å². The smallest absolute Gasteiger partial charge is 0.309 e. The Labute approximate surface area is 383 Å². The number of fused-ring (bicyclic) bond motifs is 6. The quantitative estimate of drug-likeness (QED) is 0.156. The van der Waals surface area contributed by atoms with Crippen LogP contribution < -0.4 is 0 Å². The van der Waals surface area contributed by atoms with E-state index in [9.17, 15) is 23.7 Å². The molecule has 2 heterocycles. The van der Waals surface area contributed by atoms with E-state index >= 15 is 0 Å². The average molecular weight is 870 g/mol. The zero-order valence-electron chi connectivity index (χ0n) is 35.8. The van der Waals surface area contributed by atoms with Gasteiger partial charge in [0.15, 0.2) is 5.69 Å². The molecule has 0 bridgehead atoms. The lowest BCUT2D eigenvalue weighted by molar-refractivity contribution is -0.137. The van der Waals surface area contributed by atoms with Crippen LogP contribution in [0, 0.1) is 36.2 Å². The van der Waals surface area contributed by atoms with Gasteiger partial charge in [-0.2, -0.15) is 23.7 Å². The van der Waals surface area contributed by atoms with Gasteiger partial charge < -0.3 is 9.13 Å². The molecule has 0 atom stereocenters. The fourth-order valence-electron chi connectivity index (χ4n) is 9.54. The number of rotatable bonds is 6. The standard InChI is InChI=1S/C59H34F3N5/c1-36-27-44(30-45(28-36)59(60,61)62)43-18-23-49(58(33-43)67-54-10-6-4-8-48(54)52-31-41(20-26-57(52)67)39-14-11-37(34-63)12-15-39)50-29-38(35-64)13-24-55(50)66-53-9-5-3-7-47(53)51-32-42(19-25-56(51)66)40-16-21-46(65-2)22-17-40/h3-33H,1H3. The van der Waals surface area contributed by atoms with Crippen molar-refractivity contribution in [2.75, 3.05) is 0 Å². The van der Waals surface area contributed by atoms with E-state index in [-0.39, 0.29) is 0 Å². The fourth-order valence-corrected chi connectivity index (χ4v) is 9.54. The summed E-state index contributed by atoms with van der Waals surface area (Å²) in [5, 5.41) is 23.9. The Balaban J connectivity index is 1.20. The Bertz CT molecular complexity index is 3950. The minimum Gasteiger partial charge on any atom is -0.309 e. The van der Waals surface area contributed by atoms with Gasteiger partial charge in [-0.15, -0.1) is 0 Å². The second kappa shape index (κ2) is 15.8. The summed E-state index contributed by atoms with van der Waals surface area (Å²) in [6, 6.07) is 64.1. The molecule has 8 heteroatoms. The number of para-hydroxylation sites is 2. The molecule has 316 valence electrons. The number of hydrogen-bond donors (Lipinski definition) is 0. The Kier molecular flexibility index (Phi) is 9.59. The van der Waals surface area contributed by atoms with Gasteiger partial charge in [0.2, 0.25) is 0 Å². The van der Waals surface area contributed by atoms with Crippen molar-refractivity contribution >= 4 is 49.3 Å². The van der Waals surface area contributed by atoms with Gasteiger partial charge in [-0.3, -0.25) is 0 Å². The summed E-state index contributed by atoms with van der Waals surface area (Å²) < 4.78 is 47.4. The van der Waals surface area contributed by atoms with Gasteiger partial charge in [-0.1, -0.05) is 103 Å². The van der Waals surface area contributed by atoms with E-state index in [1.54, 1.807) is 25.1 Å². The summed E-state index contributed by atoms with van der Waals surface area (Å²) >= 11 is 0. The number of nitrogens with zero attached hydrogens (tertiary/aromatic N) is 5. The Morgan fingerprint density at radius 3 is 1.54 bits per heavy atom. The zero-order valence-corrected chi connectivity index (χ0v) is 35.8.